The van der Waals surface area contributed by atoms with Gasteiger partial charge in [-0.15, -0.1) is 0 Å². The first-order valence-corrected chi connectivity index (χ1v) is 14.2. The molecule has 2 aliphatic rings. The molecule has 204 valence electrons. The van der Waals surface area contributed by atoms with Crippen LogP contribution in [0.5, 0.6) is 0 Å². The molecule has 0 aliphatic carbocycles. The fourth-order valence-corrected chi connectivity index (χ4v) is 6.11. The van der Waals surface area contributed by atoms with Crippen LogP contribution < -0.4 is 26.4 Å². The van der Waals surface area contributed by atoms with Gasteiger partial charge in [-0.05, 0) is 99.3 Å². The zero-order chi connectivity index (χ0) is 27.7. The predicted molar refractivity (Wildman–Crippen MR) is 163 cm³/mol. The minimum absolute atomic E-state index is 0.0810. The van der Waals surface area contributed by atoms with Crippen LogP contribution in [-0.4, -0.2) is 34.7 Å². The molecule has 7 nitrogen and oxygen atoms in total. The predicted octanol–water partition coefficient (Wildman–Crippen LogP) is 5.43. The number of benzene rings is 2. The number of piperidine rings is 1. The van der Waals surface area contributed by atoms with Crippen molar-refractivity contribution in [2.45, 2.75) is 59.0 Å². The summed E-state index contributed by atoms with van der Waals surface area (Å²) in [6, 6.07) is 17.7. The molecule has 1 saturated heterocycles. The number of rotatable bonds is 6. The summed E-state index contributed by atoms with van der Waals surface area (Å²) in [6.07, 6.45) is 1.94. The lowest BCUT2D eigenvalue weighted by Gasteiger charge is -2.44. The summed E-state index contributed by atoms with van der Waals surface area (Å²) in [5.74, 6) is 0.543. The average molecular weight is 544 g/mol. The standard InChI is InChI=1S/C31H37N5O2S/c1-5-21(4)32-30(38)23-9-10-28(26(15-23)34-31(39)33-25-12-19(2)11-20(3)13-25)35-16-22-14-24(18-35)27-7-6-8-29(37)36(27)17-22/h6-13,15,21-22,24H,5,14,16-18H2,1-4H3,(H,32,38)(H2,33,34,39)/t21-,22-,24+/m1/s1. The summed E-state index contributed by atoms with van der Waals surface area (Å²) in [7, 11) is 0. The first-order valence-electron chi connectivity index (χ1n) is 13.8. The summed E-state index contributed by atoms with van der Waals surface area (Å²) in [4.78, 5) is 27.9. The molecule has 0 radical (unpaired) electrons. The highest BCUT2D eigenvalue weighted by Crippen LogP contribution is 2.39. The number of amides is 1. The number of hydrogen-bond donors (Lipinski definition) is 3. The lowest BCUT2D eigenvalue weighted by molar-refractivity contribution is 0.0939. The number of pyridine rings is 1. The zero-order valence-electron chi connectivity index (χ0n) is 23.1. The number of fused-ring (bicyclic) bond motifs is 4. The highest BCUT2D eigenvalue weighted by Gasteiger charge is 2.35. The summed E-state index contributed by atoms with van der Waals surface area (Å²) in [5, 5.41) is 10.2. The molecule has 1 amide bonds. The van der Waals surface area contributed by atoms with Gasteiger partial charge in [0.15, 0.2) is 5.11 Å². The van der Waals surface area contributed by atoms with E-state index in [1.54, 1.807) is 6.07 Å². The molecule has 2 aliphatic heterocycles. The highest BCUT2D eigenvalue weighted by molar-refractivity contribution is 7.80. The number of carbonyl (C=O) groups excluding carboxylic acids is 1. The van der Waals surface area contributed by atoms with Gasteiger partial charge in [-0.25, -0.2) is 0 Å². The largest absolute Gasteiger partial charge is 0.369 e. The SMILES string of the molecule is CC[C@@H](C)NC(=O)c1ccc(N2C[C@H]3C[C@@H](C2)c2cccc(=O)n2C3)c(NC(=S)Nc2cc(C)cc(C)c2)c1. The number of thiocarbonyl (C=S) groups is 1. The molecule has 0 spiro atoms. The van der Waals surface area contributed by atoms with Crippen LogP contribution in [0.2, 0.25) is 0 Å². The Balaban J connectivity index is 1.44. The van der Waals surface area contributed by atoms with E-state index < -0.39 is 0 Å². The minimum atomic E-state index is -0.101. The van der Waals surface area contributed by atoms with E-state index in [-0.39, 0.29) is 23.4 Å². The topological polar surface area (TPSA) is 78.4 Å². The number of aromatic nitrogens is 1. The van der Waals surface area contributed by atoms with Gasteiger partial charge in [0.1, 0.15) is 0 Å². The van der Waals surface area contributed by atoms with Crippen molar-refractivity contribution in [1.82, 2.24) is 9.88 Å². The Labute approximate surface area is 235 Å². The molecule has 3 heterocycles. The monoisotopic (exact) mass is 543 g/mol. The van der Waals surface area contributed by atoms with E-state index in [4.69, 9.17) is 12.2 Å². The molecule has 5 rings (SSSR count). The molecule has 1 aromatic heterocycles. The van der Waals surface area contributed by atoms with Crippen molar-refractivity contribution in [2.24, 2.45) is 5.92 Å². The second-order valence-electron chi connectivity index (χ2n) is 11.1. The van der Waals surface area contributed by atoms with Crippen LogP contribution in [0, 0.1) is 19.8 Å². The van der Waals surface area contributed by atoms with Gasteiger partial charge in [0.2, 0.25) is 0 Å². The first kappa shape index (κ1) is 26.9. The third-order valence-corrected chi connectivity index (χ3v) is 8.00. The van der Waals surface area contributed by atoms with Gasteiger partial charge in [0, 0.05) is 54.6 Å². The molecule has 3 aromatic rings. The molecule has 2 bridgehead atoms. The molecule has 0 unspecified atom stereocenters. The fraction of sp³-hybridized carbons (Fsp3) is 0.387. The smallest absolute Gasteiger partial charge is 0.251 e. The normalized spacial score (nSPS) is 18.6. The Morgan fingerprint density at radius 3 is 2.54 bits per heavy atom. The number of hydrogen-bond acceptors (Lipinski definition) is 4. The maximum absolute atomic E-state index is 13.0. The Morgan fingerprint density at radius 1 is 1.03 bits per heavy atom. The molecular formula is C31H37N5O2S. The van der Waals surface area contributed by atoms with E-state index in [2.05, 4.69) is 65.9 Å². The summed E-state index contributed by atoms with van der Waals surface area (Å²) >= 11 is 5.73. The first-order chi connectivity index (χ1) is 18.7. The molecule has 1 fully saturated rings. The number of carbonyl (C=O) groups is 1. The van der Waals surface area contributed by atoms with Crippen molar-refractivity contribution in [2.75, 3.05) is 28.6 Å². The summed E-state index contributed by atoms with van der Waals surface area (Å²) in [5.41, 5.74) is 6.80. The van der Waals surface area contributed by atoms with Crippen LogP contribution in [0.3, 0.4) is 0 Å². The molecule has 8 heteroatoms. The molecular weight excluding hydrogens is 506 g/mol. The van der Waals surface area contributed by atoms with Crippen molar-refractivity contribution in [3.05, 3.63) is 87.3 Å². The zero-order valence-corrected chi connectivity index (χ0v) is 23.9. The van der Waals surface area contributed by atoms with E-state index >= 15 is 0 Å². The average Bonchev–Trinajstić information content (AvgIpc) is 2.88. The molecule has 0 saturated carbocycles. The maximum Gasteiger partial charge on any atom is 0.251 e. The van der Waals surface area contributed by atoms with Gasteiger partial charge in [0.05, 0.1) is 11.4 Å². The summed E-state index contributed by atoms with van der Waals surface area (Å²) < 4.78 is 1.94. The van der Waals surface area contributed by atoms with Crippen molar-refractivity contribution >= 4 is 40.3 Å². The van der Waals surface area contributed by atoms with Gasteiger partial charge in [-0.1, -0.05) is 19.1 Å². The number of aryl methyl sites for hydroxylation is 2. The van der Waals surface area contributed by atoms with Crippen molar-refractivity contribution in [3.8, 4) is 0 Å². The quantitative estimate of drug-likeness (QED) is 0.360. The maximum atomic E-state index is 13.0. The Bertz CT molecular complexity index is 1450. The lowest BCUT2D eigenvalue weighted by Crippen LogP contribution is -2.47. The molecule has 3 N–H and O–H groups in total. The van der Waals surface area contributed by atoms with Crippen LogP contribution >= 0.6 is 12.2 Å². The van der Waals surface area contributed by atoms with Crippen molar-refractivity contribution in [1.29, 1.82) is 0 Å². The van der Waals surface area contributed by atoms with Crippen LogP contribution in [0.25, 0.3) is 0 Å². The van der Waals surface area contributed by atoms with Crippen molar-refractivity contribution in [3.63, 3.8) is 0 Å². The van der Waals surface area contributed by atoms with Crippen LogP contribution in [-0.2, 0) is 6.54 Å². The molecule has 39 heavy (non-hydrogen) atoms. The van der Waals surface area contributed by atoms with Crippen LogP contribution in [0.15, 0.2) is 59.4 Å². The second kappa shape index (κ2) is 11.2. The fourth-order valence-electron chi connectivity index (χ4n) is 5.89. The second-order valence-corrected chi connectivity index (χ2v) is 11.5. The lowest BCUT2D eigenvalue weighted by atomic mass is 9.83. The van der Waals surface area contributed by atoms with Crippen LogP contribution in [0.1, 0.15) is 59.8 Å². The summed E-state index contributed by atoms with van der Waals surface area (Å²) in [6.45, 7) is 10.5. The molecule has 3 atom stereocenters. The third kappa shape index (κ3) is 6.01. The van der Waals surface area contributed by atoms with Gasteiger partial charge in [-0.2, -0.15) is 0 Å². The number of anilines is 3. The Morgan fingerprint density at radius 2 is 1.79 bits per heavy atom. The third-order valence-electron chi connectivity index (χ3n) is 7.80. The van der Waals surface area contributed by atoms with E-state index in [0.717, 1.165) is 66.4 Å². The van der Waals surface area contributed by atoms with E-state index in [0.29, 0.717) is 16.6 Å². The van der Waals surface area contributed by atoms with Crippen LogP contribution in [0.4, 0.5) is 17.1 Å². The van der Waals surface area contributed by atoms with Gasteiger partial charge in [-0.3, -0.25) is 9.59 Å². The Kier molecular flexibility index (Phi) is 7.75. The number of nitrogens with zero attached hydrogens (tertiary/aromatic N) is 2. The van der Waals surface area contributed by atoms with E-state index in [1.807, 2.05) is 35.8 Å². The van der Waals surface area contributed by atoms with E-state index in [1.165, 1.54) is 0 Å². The molecule has 2 aromatic carbocycles. The van der Waals surface area contributed by atoms with E-state index in [9.17, 15) is 9.59 Å². The highest BCUT2D eigenvalue weighted by atomic mass is 32.1. The van der Waals surface area contributed by atoms with Gasteiger partial charge in [0.25, 0.3) is 11.5 Å². The Hall–Kier alpha value is -3.65. The van der Waals surface area contributed by atoms with Gasteiger partial charge < -0.3 is 25.4 Å². The van der Waals surface area contributed by atoms with Gasteiger partial charge >= 0.3 is 0 Å². The number of nitrogens with one attached hydrogen (secondary N) is 3. The minimum Gasteiger partial charge on any atom is -0.369 e. The van der Waals surface area contributed by atoms with Crippen molar-refractivity contribution < 1.29 is 4.79 Å².